The second-order valence-corrected chi connectivity index (χ2v) is 5.93. The molecule has 3 nitrogen and oxygen atoms in total. The molecule has 110 valence electrons. The predicted molar refractivity (Wildman–Crippen MR) is 88.7 cm³/mol. The number of hydrogen-bond donors (Lipinski definition) is 3. The van der Waals surface area contributed by atoms with E-state index in [-0.39, 0.29) is 6.10 Å². The zero-order valence-corrected chi connectivity index (χ0v) is 12.6. The van der Waals surface area contributed by atoms with Gasteiger partial charge in [0.25, 0.3) is 0 Å². The van der Waals surface area contributed by atoms with Crippen molar-refractivity contribution in [2.75, 3.05) is 6.54 Å². The molecule has 0 bridgehead atoms. The number of aliphatic hydroxyl groups is 1. The Kier molecular flexibility index (Phi) is 3.95. The van der Waals surface area contributed by atoms with Gasteiger partial charge in [-0.3, -0.25) is 0 Å². The number of fused-ring (bicyclic) bond motifs is 3. The summed E-state index contributed by atoms with van der Waals surface area (Å²) in [6, 6.07) is 15.0. The van der Waals surface area contributed by atoms with Crippen LogP contribution in [0.2, 0.25) is 0 Å². The van der Waals surface area contributed by atoms with Crippen LogP contribution in [-0.2, 0) is 6.42 Å². The van der Waals surface area contributed by atoms with Crippen molar-refractivity contribution >= 4 is 21.8 Å². The highest BCUT2D eigenvalue weighted by Crippen LogP contribution is 2.28. The summed E-state index contributed by atoms with van der Waals surface area (Å²) >= 11 is 0. The van der Waals surface area contributed by atoms with E-state index < -0.39 is 0 Å². The van der Waals surface area contributed by atoms with Crippen LogP contribution in [0.1, 0.15) is 19.4 Å². The molecule has 0 saturated heterocycles. The largest absolute Gasteiger partial charge is 0.391 e. The molecule has 0 amide bonds. The minimum Gasteiger partial charge on any atom is -0.391 e. The monoisotopic (exact) mass is 282 g/mol. The molecule has 1 aromatic heterocycles. The second-order valence-electron chi connectivity index (χ2n) is 5.93. The Morgan fingerprint density at radius 2 is 1.81 bits per heavy atom. The average molecular weight is 282 g/mol. The van der Waals surface area contributed by atoms with Crippen LogP contribution < -0.4 is 5.32 Å². The van der Waals surface area contributed by atoms with Crippen LogP contribution in [0, 0.1) is 0 Å². The van der Waals surface area contributed by atoms with Gasteiger partial charge in [0.2, 0.25) is 0 Å². The summed E-state index contributed by atoms with van der Waals surface area (Å²) in [5, 5.41) is 16.0. The number of aromatic amines is 1. The Balaban J connectivity index is 1.95. The van der Waals surface area contributed by atoms with E-state index >= 15 is 0 Å². The van der Waals surface area contributed by atoms with Crippen LogP contribution in [0.5, 0.6) is 0 Å². The van der Waals surface area contributed by atoms with Crippen molar-refractivity contribution in [3.63, 3.8) is 0 Å². The first-order chi connectivity index (χ1) is 10.1. The summed E-state index contributed by atoms with van der Waals surface area (Å²) in [5.74, 6) is 0. The summed E-state index contributed by atoms with van der Waals surface area (Å²) in [7, 11) is 0. The van der Waals surface area contributed by atoms with Gasteiger partial charge in [0.1, 0.15) is 0 Å². The van der Waals surface area contributed by atoms with Crippen molar-refractivity contribution in [1.29, 1.82) is 0 Å². The van der Waals surface area contributed by atoms with Gasteiger partial charge in [0.05, 0.1) is 6.10 Å². The number of hydrogen-bond acceptors (Lipinski definition) is 2. The van der Waals surface area contributed by atoms with Gasteiger partial charge >= 0.3 is 0 Å². The molecular weight excluding hydrogens is 260 g/mol. The van der Waals surface area contributed by atoms with Crippen LogP contribution in [0.3, 0.4) is 0 Å². The molecule has 0 radical (unpaired) electrons. The highest BCUT2D eigenvalue weighted by molar-refractivity contribution is 6.08. The number of H-pyrrole nitrogens is 1. The molecule has 1 atom stereocenters. The smallest absolute Gasteiger partial charge is 0.0705 e. The fourth-order valence-electron chi connectivity index (χ4n) is 2.85. The standard InChI is InChI=1S/C18H22N2O/c1-12(2)19-11-14(21)10-13-6-5-9-17-18(13)15-7-3-4-8-16(15)20-17/h3-9,12,14,19-21H,10-11H2,1-2H3/t14-/m0/s1. The normalized spacial score (nSPS) is 13.3. The van der Waals surface area contributed by atoms with Gasteiger partial charge in [0, 0.05) is 40.8 Å². The zero-order valence-electron chi connectivity index (χ0n) is 12.6. The van der Waals surface area contributed by atoms with Gasteiger partial charge in [0.15, 0.2) is 0 Å². The lowest BCUT2D eigenvalue weighted by atomic mass is 10.0. The van der Waals surface area contributed by atoms with Gasteiger partial charge in [-0.25, -0.2) is 0 Å². The van der Waals surface area contributed by atoms with Gasteiger partial charge < -0.3 is 15.4 Å². The van der Waals surface area contributed by atoms with E-state index in [4.69, 9.17) is 0 Å². The minimum atomic E-state index is -0.369. The maximum atomic E-state index is 10.2. The third kappa shape index (κ3) is 2.94. The van der Waals surface area contributed by atoms with Gasteiger partial charge in [-0.2, -0.15) is 0 Å². The molecule has 0 aliphatic heterocycles. The van der Waals surface area contributed by atoms with Gasteiger partial charge in [-0.1, -0.05) is 44.2 Å². The topological polar surface area (TPSA) is 48.0 Å². The lowest BCUT2D eigenvalue weighted by Gasteiger charge is -2.14. The van der Waals surface area contributed by atoms with Crippen molar-refractivity contribution in [2.45, 2.75) is 32.4 Å². The highest BCUT2D eigenvalue weighted by Gasteiger charge is 2.12. The molecule has 3 rings (SSSR count). The van der Waals surface area contributed by atoms with E-state index in [2.05, 4.69) is 60.5 Å². The maximum absolute atomic E-state index is 10.2. The first kappa shape index (κ1) is 14.1. The number of benzene rings is 2. The molecule has 3 aromatic rings. The van der Waals surface area contributed by atoms with Crippen LogP contribution >= 0.6 is 0 Å². The van der Waals surface area contributed by atoms with E-state index in [1.165, 1.54) is 16.3 Å². The van der Waals surface area contributed by atoms with Crippen LogP contribution in [-0.4, -0.2) is 28.8 Å². The van der Waals surface area contributed by atoms with Crippen molar-refractivity contribution in [1.82, 2.24) is 10.3 Å². The maximum Gasteiger partial charge on any atom is 0.0705 e. The molecule has 1 heterocycles. The summed E-state index contributed by atoms with van der Waals surface area (Å²) in [5.41, 5.74) is 3.48. The van der Waals surface area contributed by atoms with Crippen molar-refractivity contribution in [3.8, 4) is 0 Å². The molecule has 3 N–H and O–H groups in total. The third-order valence-corrected chi connectivity index (χ3v) is 3.83. The number of aromatic nitrogens is 1. The molecule has 0 fully saturated rings. The Bertz CT molecular complexity index is 745. The second kappa shape index (κ2) is 5.88. The molecular formula is C18H22N2O. The molecule has 0 spiro atoms. The van der Waals surface area contributed by atoms with E-state index in [1.54, 1.807) is 0 Å². The summed E-state index contributed by atoms with van der Waals surface area (Å²) in [6.45, 7) is 4.80. The van der Waals surface area contributed by atoms with E-state index in [1.807, 2.05) is 6.07 Å². The first-order valence-electron chi connectivity index (χ1n) is 7.55. The fourth-order valence-corrected chi connectivity index (χ4v) is 2.85. The fraction of sp³-hybridized carbons (Fsp3) is 0.333. The van der Waals surface area contributed by atoms with Crippen LogP contribution in [0.15, 0.2) is 42.5 Å². The molecule has 0 unspecified atom stereocenters. The summed E-state index contributed by atoms with van der Waals surface area (Å²) < 4.78 is 0. The Morgan fingerprint density at radius 3 is 2.62 bits per heavy atom. The van der Waals surface area contributed by atoms with Gasteiger partial charge in [-0.15, -0.1) is 0 Å². The average Bonchev–Trinajstić information content (AvgIpc) is 2.84. The lowest BCUT2D eigenvalue weighted by molar-refractivity contribution is 0.169. The predicted octanol–water partition coefficient (Wildman–Crippen LogP) is 3.22. The molecule has 0 saturated carbocycles. The zero-order chi connectivity index (χ0) is 14.8. The highest BCUT2D eigenvalue weighted by atomic mass is 16.3. The van der Waals surface area contributed by atoms with Gasteiger partial charge in [-0.05, 0) is 17.7 Å². The lowest BCUT2D eigenvalue weighted by Crippen LogP contribution is -2.33. The first-order valence-corrected chi connectivity index (χ1v) is 7.55. The van der Waals surface area contributed by atoms with E-state index in [0.717, 1.165) is 11.0 Å². The molecule has 0 aliphatic carbocycles. The number of aliphatic hydroxyl groups excluding tert-OH is 1. The van der Waals surface area contributed by atoms with Crippen molar-refractivity contribution < 1.29 is 5.11 Å². The van der Waals surface area contributed by atoms with Crippen molar-refractivity contribution in [2.24, 2.45) is 0 Å². The molecule has 0 aliphatic rings. The molecule has 3 heteroatoms. The third-order valence-electron chi connectivity index (χ3n) is 3.83. The number of nitrogens with one attached hydrogen (secondary N) is 2. The summed E-state index contributed by atoms with van der Waals surface area (Å²) in [6.07, 6.45) is 0.297. The Labute approximate surface area is 125 Å². The Hall–Kier alpha value is -1.84. The number of para-hydroxylation sites is 1. The van der Waals surface area contributed by atoms with Crippen LogP contribution in [0.25, 0.3) is 21.8 Å². The minimum absolute atomic E-state index is 0.369. The quantitative estimate of drug-likeness (QED) is 0.673. The van der Waals surface area contributed by atoms with Crippen molar-refractivity contribution in [3.05, 3.63) is 48.0 Å². The van der Waals surface area contributed by atoms with Crippen LogP contribution in [0.4, 0.5) is 0 Å². The molecule has 21 heavy (non-hydrogen) atoms. The SMILES string of the molecule is CC(C)NC[C@@H](O)Cc1cccc2[nH]c3ccccc3c12. The number of rotatable bonds is 5. The van der Waals surface area contributed by atoms with E-state index in [9.17, 15) is 5.11 Å². The van der Waals surface area contributed by atoms with E-state index in [0.29, 0.717) is 19.0 Å². The summed E-state index contributed by atoms with van der Waals surface area (Å²) in [4.78, 5) is 3.44. The Morgan fingerprint density at radius 1 is 1.05 bits per heavy atom. The molecule has 2 aromatic carbocycles.